The Morgan fingerprint density at radius 3 is 2.58 bits per heavy atom. The van der Waals surface area contributed by atoms with Gasteiger partial charge in [0.2, 0.25) is 0 Å². The third-order valence-corrected chi connectivity index (χ3v) is 3.07. The highest BCUT2D eigenvalue weighted by atomic mass is 79.9. The van der Waals surface area contributed by atoms with Gasteiger partial charge in [-0.15, -0.1) is 0 Å². The van der Waals surface area contributed by atoms with Gasteiger partial charge in [0.1, 0.15) is 11.6 Å². The molecule has 1 aromatic carbocycles. The molecular weight excluding hydrogens is 306 g/mol. The molecule has 0 aromatic heterocycles. The Hall–Kier alpha value is -1.03. The zero-order valence-electron chi connectivity index (χ0n) is 12.2. The van der Waals surface area contributed by atoms with Gasteiger partial charge in [0.15, 0.2) is 0 Å². The van der Waals surface area contributed by atoms with Gasteiger partial charge in [0.05, 0.1) is 0 Å². The lowest BCUT2D eigenvalue weighted by Gasteiger charge is -2.23. The Balaban J connectivity index is 2.76. The van der Waals surface area contributed by atoms with E-state index in [4.69, 9.17) is 4.74 Å². The fraction of sp³-hybridized carbons (Fsp3) is 0.533. The molecule has 0 radical (unpaired) electrons. The van der Waals surface area contributed by atoms with Crippen molar-refractivity contribution in [3.05, 3.63) is 28.2 Å². The molecule has 0 amide bonds. The van der Waals surface area contributed by atoms with Crippen molar-refractivity contribution in [1.82, 2.24) is 0 Å². The summed E-state index contributed by atoms with van der Waals surface area (Å²) >= 11 is 3.45. The highest BCUT2D eigenvalue weighted by Crippen LogP contribution is 2.22. The number of esters is 1. The summed E-state index contributed by atoms with van der Waals surface area (Å²) < 4.78 is 6.40. The number of halogens is 1. The van der Waals surface area contributed by atoms with Gasteiger partial charge in [-0.2, -0.15) is 0 Å². The summed E-state index contributed by atoms with van der Waals surface area (Å²) in [6.45, 7) is 9.51. The van der Waals surface area contributed by atoms with Crippen molar-refractivity contribution in [2.24, 2.45) is 0 Å². The minimum absolute atomic E-state index is 0.238. The van der Waals surface area contributed by atoms with E-state index in [9.17, 15) is 4.79 Å². The van der Waals surface area contributed by atoms with E-state index in [1.54, 1.807) is 0 Å². The van der Waals surface area contributed by atoms with Gasteiger partial charge in [0.25, 0.3) is 0 Å². The van der Waals surface area contributed by atoms with Crippen LogP contribution in [0.5, 0.6) is 0 Å². The van der Waals surface area contributed by atoms with Crippen LogP contribution in [0.1, 0.15) is 40.2 Å². The third-order valence-electron chi connectivity index (χ3n) is 2.58. The standard InChI is InChI=1S/C15H22BrNO2/c1-6-11-9-12(16)7-8-13(11)17-10(2)14(18)19-15(3,4)5/h7-10,17H,6H2,1-5H3. The smallest absolute Gasteiger partial charge is 0.328 e. The molecule has 1 aromatic rings. The predicted molar refractivity (Wildman–Crippen MR) is 82.4 cm³/mol. The molecule has 1 unspecified atom stereocenters. The molecule has 1 atom stereocenters. The number of nitrogens with one attached hydrogen (secondary N) is 1. The van der Waals surface area contributed by atoms with Gasteiger partial charge >= 0.3 is 5.97 Å². The average Bonchev–Trinajstić information content (AvgIpc) is 2.29. The van der Waals surface area contributed by atoms with E-state index in [1.807, 2.05) is 39.8 Å². The second-order valence-electron chi connectivity index (χ2n) is 5.55. The van der Waals surface area contributed by atoms with Crippen LogP contribution in [0, 0.1) is 0 Å². The summed E-state index contributed by atoms with van der Waals surface area (Å²) in [5, 5.41) is 3.22. The Kier molecular flexibility index (Phi) is 5.41. The Bertz CT molecular complexity index is 452. The van der Waals surface area contributed by atoms with Crippen LogP contribution in [0.15, 0.2) is 22.7 Å². The van der Waals surface area contributed by atoms with E-state index in [0.29, 0.717) is 0 Å². The first kappa shape index (κ1) is 16.0. The van der Waals surface area contributed by atoms with Crippen molar-refractivity contribution < 1.29 is 9.53 Å². The molecule has 4 heteroatoms. The fourth-order valence-electron chi connectivity index (χ4n) is 1.68. The summed E-state index contributed by atoms with van der Waals surface area (Å²) in [5.74, 6) is -0.238. The highest BCUT2D eigenvalue weighted by Gasteiger charge is 2.21. The van der Waals surface area contributed by atoms with Gasteiger partial charge in [-0.3, -0.25) is 0 Å². The van der Waals surface area contributed by atoms with Crippen molar-refractivity contribution in [1.29, 1.82) is 0 Å². The van der Waals surface area contributed by atoms with Crippen molar-refractivity contribution in [2.75, 3.05) is 5.32 Å². The summed E-state index contributed by atoms with van der Waals surface area (Å²) in [6, 6.07) is 5.63. The van der Waals surface area contributed by atoms with Gasteiger partial charge in [-0.1, -0.05) is 22.9 Å². The van der Waals surface area contributed by atoms with E-state index in [0.717, 1.165) is 16.6 Å². The number of ether oxygens (including phenoxy) is 1. The Morgan fingerprint density at radius 1 is 1.42 bits per heavy atom. The van der Waals surface area contributed by atoms with E-state index in [2.05, 4.69) is 34.2 Å². The van der Waals surface area contributed by atoms with Crippen LogP contribution in [0.2, 0.25) is 0 Å². The monoisotopic (exact) mass is 327 g/mol. The molecule has 0 spiro atoms. The maximum Gasteiger partial charge on any atom is 0.328 e. The molecule has 0 saturated heterocycles. The number of benzene rings is 1. The predicted octanol–water partition coefficient (Wildman–Crippen LogP) is 4.15. The quantitative estimate of drug-likeness (QED) is 0.844. The SMILES string of the molecule is CCc1cc(Br)ccc1NC(C)C(=O)OC(C)(C)C. The topological polar surface area (TPSA) is 38.3 Å². The average molecular weight is 328 g/mol. The normalized spacial score (nSPS) is 12.9. The first-order chi connectivity index (χ1) is 8.73. The van der Waals surface area contributed by atoms with Gasteiger partial charge in [-0.05, 0) is 57.9 Å². The zero-order valence-corrected chi connectivity index (χ0v) is 13.8. The van der Waals surface area contributed by atoms with Gasteiger partial charge < -0.3 is 10.1 Å². The lowest BCUT2D eigenvalue weighted by atomic mass is 10.1. The molecule has 106 valence electrons. The molecule has 19 heavy (non-hydrogen) atoms. The van der Waals surface area contributed by atoms with Crippen molar-refractivity contribution in [2.45, 2.75) is 52.7 Å². The molecular formula is C15H22BrNO2. The molecule has 0 aliphatic rings. The highest BCUT2D eigenvalue weighted by molar-refractivity contribution is 9.10. The summed E-state index contributed by atoms with van der Waals surface area (Å²) in [4.78, 5) is 11.9. The number of anilines is 1. The minimum atomic E-state index is -0.458. The third kappa shape index (κ3) is 5.23. The summed E-state index contributed by atoms with van der Waals surface area (Å²) in [7, 11) is 0. The van der Waals surface area contributed by atoms with Crippen molar-refractivity contribution in [3.8, 4) is 0 Å². The molecule has 0 fully saturated rings. The van der Waals surface area contributed by atoms with Crippen LogP contribution in [0.4, 0.5) is 5.69 Å². The molecule has 1 N–H and O–H groups in total. The first-order valence-corrected chi connectivity index (χ1v) is 7.30. The van der Waals surface area contributed by atoms with Crippen molar-refractivity contribution >= 4 is 27.6 Å². The van der Waals surface area contributed by atoms with Crippen LogP contribution in [-0.2, 0) is 16.0 Å². The second-order valence-corrected chi connectivity index (χ2v) is 6.47. The lowest BCUT2D eigenvalue weighted by molar-refractivity contribution is -0.155. The molecule has 1 rings (SSSR count). The molecule has 0 aliphatic carbocycles. The van der Waals surface area contributed by atoms with E-state index < -0.39 is 5.60 Å². The summed E-state index contributed by atoms with van der Waals surface area (Å²) in [6.07, 6.45) is 0.906. The molecule has 0 aliphatic heterocycles. The molecule has 0 saturated carbocycles. The van der Waals surface area contributed by atoms with Crippen LogP contribution in [0.25, 0.3) is 0 Å². The second kappa shape index (κ2) is 6.42. The Morgan fingerprint density at radius 2 is 2.05 bits per heavy atom. The van der Waals surface area contributed by atoms with Crippen LogP contribution < -0.4 is 5.32 Å². The number of carbonyl (C=O) groups is 1. The van der Waals surface area contributed by atoms with E-state index >= 15 is 0 Å². The number of hydrogen-bond acceptors (Lipinski definition) is 3. The minimum Gasteiger partial charge on any atom is -0.458 e. The van der Waals surface area contributed by atoms with Crippen molar-refractivity contribution in [3.63, 3.8) is 0 Å². The van der Waals surface area contributed by atoms with Gasteiger partial charge in [-0.25, -0.2) is 4.79 Å². The van der Waals surface area contributed by atoms with Crippen LogP contribution in [-0.4, -0.2) is 17.6 Å². The lowest BCUT2D eigenvalue weighted by Crippen LogP contribution is -2.34. The zero-order chi connectivity index (χ0) is 14.6. The summed E-state index contributed by atoms with van der Waals surface area (Å²) in [5.41, 5.74) is 1.69. The number of carbonyl (C=O) groups excluding carboxylic acids is 1. The maximum atomic E-state index is 11.9. The number of hydrogen-bond donors (Lipinski definition) is 1. The maximum absolute atomic E-state index is 11.9. The first-order valence-electron chi connectivity index (χ1n) is 6.50. The molecule has 0 bridgehead atoms. The fourth-order valence-corrected chi connectivity index (χ4v) is 2.09. The van der Waals surface area contributed by atoms with Crippen LogP contribution >= 0.6 is 15.9 Å². The number of rotatable bonds is 4. The molecule has 0 heterocycles. The van der Waals surface area contributed by atoms with Gasteiger partial charge in [0, 0.05) is 10.2 Å². The number of aryl methyl sites for hydroxylation is 1. The largest absolute Gasteiger partial charge is 0.458 e. The van der Waals surface area contributed by atoms with E-state index in [1.165, 1.54) is 5.56 Å². The molecule has 3 nitrogen and oxygen atoms in total. The van der Waals surface area contributed by atoms with Crippen LogP contribution in [0.3, 0.4) is 0 Å². The van der Waals surface area contributed by atoms with E-state index in [-0.39, 0.29) is 12.0 Å². The Labute approximate surface area is 123 Å².